The third kappa shape index (κ3) is 3.87. The summed E-state index contributed by atoms with van der Waals surface area (Å²) in [4.78, 5) is 29.6. The highest BCUT2D eigenvalue weighted by atomic mass is 32.1. The normalized spacial score (nSPS) is 12.9. The Labute approximate surface area is 145 Å². The summed E-state index contributed by atoms with van der Waals surface area (Å²) in [5.74, 6) is -2.41. The van der Waals surface area contributed by atoms with Gasteiger partial charge in [0.1, 0.15) is 0 Å². The Morgan fingerprint density at radius 2 is 1.96 bits per heavy atom. The summed E-state index contributed by atoms with van der Waals surface area (Å²) in [7, 11) is 0. The molecule has 0 aliphatic heterocycles. The number of nitrogens with one attached hydrogen (secondary N) is 1. The van der Waals surface area contributed by atoms with Crippen LogP contribution in [-0.2, 0) is 4.79 Å². The summed E-state index contributed by atoms with van der Waals surface area (Å²) >= 11 is 1.21. The van der Waals surface area contributed by atoms with E-state index < -0.39 is 17.6 Å². The zero-order chi connectivity index (χ0) is 17.7. The van der Waals surface area contributed by atoms with Gasteiger partial charge >= 0.3 is 0 Å². The number of aromatic nitrogens is 1. The lowest BCUT2D eigenvalue weighted by Crippen LogP contribution is -2.37. The summed E-state index contributed by atoms with van der Waals surface area (Å²) < 4.78 is 0. The van der Waals surface area contributed by atoms with E-state index in [1.54, 1.807) is 13.8 Å². The van der Waals surface area contributed by atoms with Crippen molar-refractivity contribution >= 4 is 23.0 Å². The molecule has 1 amide bonds. The predicted molar refractivity (Wildman–Crippen MR) is 92.6 cm³/mol. The Hall–Kier alpha value is -2.52. The van der Waals surface area contributed by atoms with Gasteiger partial charge in [0.05, 0.1) is 27.7 Å². The molecule has 0 radical (unpaired) electrons. The number of benzene rings is 1. The average Bonchev–Trinajstić information content (AvgIpc) is 2.92. The van der Waals surface area contributed by atoms with Gasteiger partial charge in [-0.2, -0.15) is 5.26 Å². The quantitative estimate of drug-likeness (QED) is 0.645. The number of carbonyl (C=O) groups excluding carboxylic acids is 2. The van der Waals surface area contributed by atoms with Crippen molar-refractivity contribution in [2.75, 3.05) is 0 Å². The minimum absolute atomic E-state index is 0.230. The zero-order valence-corrected chi connectivity index (χ0v) is 14.7. The number of Topliss-reactive ketones (excluding diaryl/α,β-unsaturated/α-hetero) is 1. The van der Waals surface area contributed by atoms with Crippen molar-refractivity contribution in [2.24, 2.45) is 5.92 Å². The molecule has 2 atom stereocenters. The van der Waals surface area contributed by atoms with Crippen molar-refractivity contribution in [2.45, 2.75) is 33.2 Å². The minimum atomic E-state index is -1.36. The molecule has 6 heteroatoms. The lowest BCUT2D eigenvalue weighted by molar-refractivity contribution is -0.123. The highest BCUT2D eigenvalue weighted by molar-refractivity contribution is 7.13. The van der Waals surface area contributed by atoms with Crippen LogP contribution < -0.4 is 5.32 Å². The van der Waals surface area contributed by atoms with Gasteiger partial charge in [-0.25, -0.2) is 4.98 Å². The van der Waals surface area contributed by atoms with Crippen LogP contribution in [0.25, 0.3) is 0 Å². The molecule has 2 aromatic rings. The number of aryl methyl sites for hydroxylation is 2. The van der Waals surface area contributed by atoms with E-state index in [-0.39, 0.29) is 6.04 Å². The zero-order valence-electron chi connectivity index (χ0n) is 13.9. The molecule has 0 fully saturated rings. The highest BCUT2D eigenvalue weighted by Gasteiger charge is 2.31. The van der Waals surface area contributed by atoms with Crippen LogP contribution in [-0.4, -0.2) is 16.7 Å². The van der Waals surface area contributed by atoms with Gasteiger partial charge < -0.3 is 5.32 Å². The molecule has 0 spiro atoms. The third-order valence-corrected chi connectivity index (χ3v) is 4.79. The molecule has 0 bridgehead atoms. The minimum Gasteiger partial charge on any atom is -0.348 e. The van der Waals surface area contributed by atoms with Crippen LogP contribution in [0, 0.1) is 31.1 Å². The third-order valence-electron chi connectivity index (χ3n) is 3.71. The van der Waals surface area contributed by atoms with Crippen LogP contribution in [0.1, 0.15) is 45.3 Å². The first-order valence-electron chi connectivity index (χ1n) is 7.71. The standard InChI is InChI=1S/C18H19N3O2S/c1-4-15(13-8-6-5-7-9-13)21-18(23)14(10-19)16(22)17-11(2)20-12(3)24-17/h5-9,14-15H,4H2,1-3H3,(H,21,23). The largest absolute Gasteiger partial charge is 0.348 e. The molecular weight excluding hydrogens is 322 g/mol. The number of amides is 1. The summed E-state index contributed by atoms with van der Waals surface area (Å²) in [6.07, 6.45) is 0.667. The van der Waals surface area contributed by atoms with E-state index in [9.17, 15) is 14.9 Å². The molecule has 24 heavy (non-hydrogen) atoms. The van der Waals surface area contributed by atoms with Gasteiger partial charge in [0, 0.05) is 0 Å². The molecule has 1 aromatic carbocycles. The first-order valence-corrected chi connectivity index (χ1v) is 8.52. The van der Waals surface area contributed by atoms with Crippen molar-refractivity contribution in [3.05, 3.63) is 51.5 Å². The SMILES string of the molecule is CCC(NC(=O)C(C#N)C(=O)c1sc(C)nc1C)c1ccccc1. The second-order valence-corrected chi connectivity index (χ2v) is 6.66. The van der Waals surface area contributed by atoms with Crippen molar-refractivity contribution in [1.29, 1.82) is 5.26 Å². The summed E-state index contributed by atoms with van der Waals surface area (Å²) in [5.41, 5.74) is 1.51. The number of rotatable bonds is 6. The van der Waals surface area contributed by atoms with E-state index >= 15 is 0 Å². The molecule has 1 N–H and O–H groups in total. The molecule has 0 aliphatic rings. The number of ketones is 1. The number of nitriles is 1. The fourth-order valence-corrected chi connectivity index (χ4v) is 3.38. The van der Waals surface area contributed by atoms with Gasteiger partial charge in [-0.05, 0) is 25.8 Å². The van der Waals surface area contributed by atoms with E-state index in [1.165, 1.54) is 11.3 Å². The van der Waals surface area contributed by atoms with Gasteiger partial charge in [-0.3, -0.25) is 9.59 Å². The first kappa shape index (κ1) is 17.8. The molecule has 0 aliphatic carbocycles. The molecule has 1 aromatic heterocycles. The molecule has 2 unspecified atom stereocenters. The lowest BCUT2D eigenvalue weighted by atomic mass is 10.00. The topological polar surface area (TPSA) is 82.9 Å². The maximum atomic E-state index is 12.5. The maximum Gasteiger partial charge on any atom is 0.245 e. The summed E-state index contributed by atoms with van der Waals surface area (Å²) in [6, 6.07) is 11.1. The summed E-state index contributed by atoms with van der Waals surface area (Å²) in [6.45, 7) is 5.44. The first-order chi connectivity index (χ1) is 11.5. The Morgan fingerprint density at radius 1 is 1.29 bits per heavy atom. The Bertz CT molecular complexity index is 777. The van der Waals surface area contributed by atoms with Gasteiger partial charge in [-0.1, -0.05) is 37.3 Å². The predicted octanol–water partition coefficient (Wildman–Crippen LogP) is 3.35. The molecule has 0 saturated carbocycles. The Balaban J connectivity index is 2.18. The van der Waals surface area contributed by atoms with Crippen LogP contribution in [0.2, 0.25) is 0 Å². The van der Waals surface area contributed by atoms with Crippen molar-refractivity contribution in [3.63, 3.8) is 0 Å². The molecule has 2 rings (SSSR count). The molecule has 1 heterocycles. The smallest absolute Gasteiger partial charge is 0.245 e. The molecule has 124 valence electrons. The summed E-state index contributed by atoms with van der Waals surface area (Å²) in [5, 5.41) is 12.9. The Kier molecular flexibility index (Phi) is 5.83. The van der Waals surface area contributed by atoms with Crippen LogP contribution in [0.5, 0.6) is 0 Å². The van der Waals surface area contributed by atoms with Gasteiger partial charge in [0.25, 0.3) is 0 Å². The number of thiazole rings is 1. The van der Waals surface area contributed by atoms with Crippen LogP contribution in [0.4, 0.5) is 0 Å². The highest BCUT2D eigenvalue weighted by Crippen LogP contribution is 2.22. The van der Waals surface area contributed by atoms with E-state index in [1.807, 2.05) is 43.3 Å². The van der Waals surface area contributed by atoms with E-state index in [2.05, 4.69) is 10.3 Å². The Morgan fingerprint density at radius 3 is 2.46 bits per heavy atom. The second kappa shape index (κ2) is 7.84. The maximum absolute atomic E-state index is 12.5. The molecule has 5 nitrogen and oxygen atoms in total. The van der Waals surface area contributed by atoms with Crippen LogP contribution >= 0.6 is 11.3 Å². The van der Waals surface area contributed by atoms with Gasteiger partial charge in [0.2, 0.25) is 11.7 Å². The number of nitrogens with zero attached hydrogens (tertiary/aromatic N) is 2. The second-order valence-electron chi connectivity index (χ2n) is 5.45. The van der Waals surface area contributed by atoms with Gasteiger partial charge in [0.15, 0.2) is 5.92 Å². The van der Waals surface area contributed by atoms with E-state index in [4.69, 9.17) is 0 Å². The lowest BCUT2D eigenvalue weighted by Gasteiger charge is -2.18. The monoisotopic (exact) mass is 341 g/mol. The van der Waals surface area contributed by atoms with Crippen molar-refractivity contribution in [1.82, 2.24) is 10.3 Å². The van der Waals surface area contributed by atoms with Crippen LogP contribution in [0.15, 0.2) is 30.3 Å². The number of carbonyl (C=O) groups is 2. The molecule has 0 saturated heterocycles. The fourth-order valence-electron chi connectivity index (χ4n) is 2.49. The molecular formula is C18H19N3O2S. The fraction of sp³-hybridized carbons (Fsp3) is 0.333. The number of hydrogen-bond acceptors (Lipinski definition) is 5. The number of hydrogen-bond donors (Lipinski definition) is 1. The van der Waals surface area contributed by atoms with Crippen molar-refractivity contribution in [3.8, 4) is 6.07 Å². The van der Waals surface area contributed by atoms with Gasteiger partial charge in [-0.15, -0.1) is 11.3 Å². The van der Waals surface area contributed by atoms with Crippen LogP contribution in [0.3, 0.4) is 0 Å². The average molecular weight is 341 g/mol. The van der Waals surface area contributed by atoms with E-state index in [0.29, 0.717) is 17.0 Å². The van der Waals surface area contributed by atoms with E-state index in [0.717, 1.165) is 10.6 Å². The van der Waals surface area contributed by atoms with Crippen molar-refractivity contribution < 1.29 is 9.59 Å².